The third kappa shape index (κ3) is 4.57. The van der Waals surface area contributed by atoms with Crippen LogP contribution in [0.5, 0.6) is 0 Å². The van der Waals surface area contributed by atoms with Crippen molar-refractivity contribution in [3.8, 4) is 11.1 Å². The second-order valence-corrected chi connectivity index (χ2v) is 7.57. The largest absolute Gasteiger partial charge is 0.303 e. The van der Waals surface area contributed by atoms with Crippen LogP contribution in [0.2, 0.25) is 0 Å². The number of benzene rings is 2. The number of hydrogen-bond acceptors (Lipinski definition) is 3. The number of likely N-dealkylation sites (tertiary alicyclic amines) is 1. The molecule has 1 aliphatic rings. The third-order valence-corrected chi connectivity index (χ3v) is 5.57. The molecule has 0 N–H and O–H groups in total. The van der Waals surface area contributed by atoms with Crippen LogP contribution < -0.4 is 0 Å². The van der Waals surface area contributed by atoms with E-state index in [9.17, 15) is 4.79 Å². The maximum atomic E-state index is 13.0. The van der Waals surface area contributed by atoms with Crippen molar-refractivity contribution in [2.24, 2.45) is 5.92 Å². The van der Waals surface area contributed by atoms with Crippen LogP contribution in [0.3, 0.4) is 0 Å². The van der Waals surface area contributed by atoms with Crippen molar-refractivity contribution in [1.29, 1.82) is 0 Å². The number of aromatic nitrogens is 2. The minimum Gasteiger partial charge on any atom is -0.303 e. The molecule has 1 aromatic heterocycles. The third-order valence-electron chi connectivity index (χ3n) is 5.57. The maximum Gasteiger partial charge on any atom is 0.167 e. The number of Topliss-reactive ketones (excluding diaryl/α,β-unsaturated/α-hetero) is 1. The summed E-state index contributed by atoms with van der Waals surface area (Å²) in [5, 5.41) is 4.25. The minimum atomic E-state index is 0.112. The van der Waals surface area contributed by atoms with Gasteiger partial charge in [0.15, 0.2) is 5.78 Å². The number of ketones is 1. The van der Waals surface area contributed by atoms with Crippen LogP contribution in [0.25, 0.3) is 11.1 Å². The van der Waals surface area contributed by atoms with Gasteiger partial charge in [0.1, 0.15) is 0 Å². The first-order chi connectivity index (χ1) is 13.8. The van der Waals surface area contributed by atoms with Gasteiger partial charge in [-0.05, 0) is 49.5 Å². The summed E-state index contributed by atoms with van der Waals surface area (Å²) in [6.07, 6.45) is 6.98. The average Bonchev–Trinajstić information content (AvgIpc) is 3.28. The van der Waals surface area contributed by atoms with Crippen LogP contribution in [0.1, 0.15) is 29.6 Å². The Morgan fingerprint density at radius 1 is 0.964 bits per heavy atom. The highest BCUT2D eigenvalue weighted by molar-refractivity contribution is 5.98. The van der Waals surface area contributed by atoms with Crippen molar-refractivity contribution in [1.82, 2.24) is 14.7 Å². The second-order valence-electron chi connectivity index (χ2n) is 7.57. The molecule has 0 bridgehead atoms. The molecule has 0 unspecified atom stereocenters. The van der Waals surface area contributed by atoms with Crippen LogP contribution in [0.15, 0.2) is 73.1 Å². The molecule has 1 aliphatic heterocycles. The summed E-state index contributed by atoms with van der Waals surface area (Å²) in [6.45, 7) is 3.92. The van der Waals surface area contributed by atoms with Crippen LogP contribution in [-0.2, 0) is 6.54 Å². The van der Waals surface area contributed by atoms with Gasteiger partial charge in [-0.1, -0.05) is 54.6 Å². The zero-order chi connectivity index (χ0) is 19.2. The molecule has 0 spiro atoms. The van der Waals surface area contributed by atoms with Gasteiger partial charge < -0.3 is 4.90 Å². The minimum absolute atomic E-state index is 0.112. The Balaban J connectivity index is 1.33. The van der Waals surface area contributed by atoms with Gasteiger partial charge in [0.25, 0.3) is 0 Å². The molecule has 4 rings (SSSR count). The molecule has 3 aromatic rings. The number of piperidine rings is 1. The number of carbonyl (C=O) groups excluding carboxylic acids is 1. The molecule has 0 radical (unpaired) electrons. The predicted octanol–water partition coefficient (Wildman–Crippen LogP) is 4.54. The van der Waals surface area contributed by atoms with E-state index in [1.54, 1.807) is 0 Å². The molecule has 2 heterocycles. The fraction of sp³-hybridized carbons (Fsp3) is 0.333. The predicted molar refractivity (Wildman–Crippen MR) is 112 cm³/mol. The first-order valence-electron chi connectivity index (χ1n) is 10.2. The van der Waals surface area contributed by atoms with Gasteiger partial charge in [-0.2, -0.15) is 5.10 Å². The topological polar surface area (TPSA) is 38.1 Å². The number of carbonyl (C=O) groups is 1. The molecule has 144 valence electrons. The van der Waals surface area contributed by atoms with Crippen molar-refractivity contribution < 1.29 is 4.79 Å². The molecule has 0 amide bonds. The summed E-state index contributed by atoms with van der Waals surface area (Å²) >= 11 is 0. The van der Waals surface area contributed by atoms with Crippen molar-refractivity contribution >= 4 is 5.78 Å². The van der Waals surface area contributed by atoms with E-state index in [-0.39, 0.29) is 11.7 Å². The Kier molecular flexibility index (Phi) is 5.98. The fourth-order valence-electron chi connectivity index (χ4n) is 4.05. The Bertz CT molecular complexity index is 872. The zero-order valence-electron chi connectivity index (χ0n) is 16.2. The molecule has 4 heteroatoms. The maximum absolute atomic E-state index is 13.0. The molecule has 1 saturated heterocycles. The van der Waals surface area contributed by atoms with Crippen molar-refractivity contribution in [2.75, 3.05) is 19.6 Å². The molecular weight excluding hydrogens is 346 g/mol. The zero-order valence-corrected chi connectivity index (χ0v) is 16.2. The van der Waals surface area contributed by atoms with E-state index in [2.05, 4.69) is 34.3 Å². The molecule has 4 nitrogen and oxygen atoms in total. The van der Waals surface area contributed by atoms with E-state index in [0.29, 0.717) is 0 Å². The van der Waals surface area contributed by atoms with E-state index < -0.39 is 0 Å². The smallest absolute Gasteiger partial charge is 0.167 e. The fourth-order valence-corrected chi connectivity index (χ4v) is 4.05. The lowest BCUT2D eigenvalue weighted by Crippen LogP contribution is -2.39. The number of nitrogens with zero attached hydrogens (tertiary/aromatic N) is 3. The number of rotatable bonds is 7. The molecule has 0 saturated carbocycles. The summed E-state index contributed by atoms with van der Waals surface area (Å²) in [4.78, 5) is 15.5. The highest BCUT2D eigenvalue weighted by Crippen LogP contribution is 2.24. The monoisotopic (exact) mass is 373 g/mol. The lowest BCUT2D eigenvalue weighted by atomic mass is 9.89. The van der Waals surface area contributed by atoms with Gasteiger partial charge in [-0.3, -0.25) is 9.48 Å². The normalized spacial score (nSPS) is 17.5. The summed E-state index contributed by atoms with van der Waals surface area (Å²) in [7, 11) is 0. The van der Waals surface area contributed by atoms with Gasteiger partial charge in [0, 0.05) is 37.0 Å². The van der Waals surface area contributed by atoms with Gasteiger partial charge in [-0.15, -0.1) is 0 Å². The van der Waals surface area contributed by atoms with Crippen molar-refractivity contribution in [3.63, 3.8) is 0 Å². The summed E-state index contributed by atoms with van der Waals surface area (Å²) in [5.41, 5.74) is 3.17. The Morgan fingerprint density at radius 2 is 1.75 bits per heavy atom. The molecule has 0 aliphatic carbocycles. The van der Waals surface area contributed by atoms with Gasteiger partial charge in [0.2, 0.25) is 0 Å². The Labute approximate surface area is 166 Å². The first kappa shape index (κ1) is 18.6. The van der Waals surface area contributed by atoms with Crippen LogP contribution in [0, 0.1) is 5.92 Å². The van der Waals surface area contributed by atoms with Crippen molar-refractivity contribution in [3.05, 3.63) is 78.6 Å². The van der Waals surface area contributed by atoms with E-state index in [1.807, 2.05) is 53.5 Å². The van der Waals surface area contributed by atoms with Gasteiger partial charge >= 0.3 is 0 Å². The van der Waals surface area contributed by atoms with E-state index in [0.717, 1.165) is 56.6 Å². The van der Waals surface area contributed by atoms with Crippen LogP contribution in [-0.4, -0.2) is 40.1 Å². The number of hydrogen-bond donors (Lipinski definition) is 0. The van der Waals surface area contributed by atoms with Gasteiger partial charge in [0.05, 0.1) is 0 Å². The summed E-state index contributed by atoms with van der Waals surface area (Å²) < 4.78 is 1.97. The SMILES string of the molecule is O=C(c1ccc(-c2ccccc2)cc1)[C@H]1CCCN(CCCn2cccn2)C1. The highest BCUT2D eigenvalue weighted by Gasteiger charge is 2.26. The summed E-state index contributed by atoms with van der Waals surface area (Å²) in [6, 6.07) is 20.3. The first-order valence-corrected chi connectivity index (χ1v) is 10.2. The van der Waals surface area contributed by atoms with Crippen LogP contribution >= 0.6 is 0 Å². The molecular formula is C24H27N3O. The highest BCUT2D eigenvalue weighted by atomic mass is 16.1. The summed E-state index contributed by atoms with van der Waals surface area (Å²) in [5.74, 6) is 0.400. The quantitative estimate of drug-likeness (QED) is 0.571. The van der Waals surface area contributed by atoms with E-state index >= 15 is 0 Å². The van der Waals surface area contributed by atoms with Crippen LogP contribution in [0.4, 0.5) is 0 Å². The standard InChI is InChI=1S/C24H27N3O/c28-24(22-12-10-21(11-13-22)20-7-2-1-3-8-20)23-9-4-15-26(19-23)16-6-18-27-17-5-14-25-27/h1-3,5,7-8,10-14,17,23H,4,6,9,15-16,18-19H2/t23-/m0/s1. The average molecular weight is 374 g/mol. The number of aryl methyl sites for hydroxylation is 1. The molecule has 1 fully saturated rings. The van der Waals surface area contributed by atoms with Crippen molar-refractivity contribution in [2.45, 2.75) is 25.8 Å². The molecule has 1 atom stereocenters. The lowest BCUT2D eigenvalue weighted by molar-refractivity contribution is 0.0817. The van der Waals surface area contributed by atoms with Gasteiger partial charge in [-0.25, -0.2) is 0 Å². The Hall–Kier alpha value is -2.72. The van der Waals surface area contributed by atoms with E-state index in [4.69, 9.17) is 0 Å². The molecule has 28 heavy (non-hydrogen) atoms. The van der Waals surface area contributed by atoms with E-state index in [1.165, 1.54) is 5.56 Å². The molecule has 2 aromatic carbocycles. The lowest BCUT2D eigenvalue weighted by Gasteiger charge is -2.32. The Morgan fingerprint density at radius 3 is 2.50 bits per heavy atom. The second kappa shape index (κ2) is 8.98.